The zero-order valence-corrected chi connectivity index (χ0v) is 8.70. The standard InChI is InChI=1S/C7H19NO2S/c1-6(2)8-11(9,10)7(3,4)5/h6,8-10H,1-5H3. The summed E-state index contributed by atoms with van der Waals surface area (Å²) in [6.45, 7) is 9.19. The average Bonchev–Trinajstić information content (AvgIpc) is 1.56. The van der Waals surface area contributed by atoms with E-state index in [1.807, 2.05) is 13.8 Å². The molecule has 0 aliphatic rings. The molecule has 3 nitrogen and oxygen atoms in total. The first-order chi connectivity index (χ1) is 4.67. The summed E-state index contributed by atoms with van der Waals surface area (Å²) < 4.78 is 21.4. The molecule has 0 aromatic heterocycles. The summed E-state index contributed by atoms with van der Waals surface area (Å²) >= 11 is 0. The van der Waals surface area contributed by atoms with E-state index in [1.54, 1.807) is 20.8 Å². The van der Waals surface area contributed by atoms with Crippen molar-refractivity contribution in [2.45, 2.75) is 45.4 Å². The van der Waals surface area contributed by atoms with Crippen LogP contribution >= 0.6 is 10.8 Å². The maximum Gasteiger partial charge on any atom is 0.0662 e. The van der Waals surface area contributed by atoms with Gasteiger partial charge in [-0.2, -0.15) is 0 Å². The van der Waals surface area contributed by atoms with E-state index in [9.17, 15) is 9.11 Å². The van der Waals surface area contributed by atoms with E-state index in [4.69, 9.17) is 0 Å². The van der Waals surface area contributed by atoms with Crippen LogP contribution in [0.3, 0.4) is 0 Å². The van der Waals surface area contributed by atoms with Gasteiger partial charge in [-0.3, -0.25) is 9.11 Å². The first kappa shape index (κ1) is 11.2. The van der Waals surface area contributed by atoms with Crippen LogP contribution in [0.25, 0.3) is 0 Å². The van der Waals surface area contributed by atoms with Gasteiger partial charge in [-0.25, -0.2) is 4.72 Å². The minimum atomic E-state index is -2.65. The van der Waals surface area contributed by atoms with Crippen LogP contribution in [-0.2, 0) is 0 Å². The average molecular weight is 181 g/mol. The second-order valence-electron chi connectivity index (χ2n) is 3.93. The van der Waals surface area contributed by atoms with Crippen molar-refractivity contribution in [1.82, 2.24) is 4.72 Å². The van der Waals surface area contributed by atoms with E-state index in [0.717, 1.165) is 0 Å². The third-order valence-corrected chi connectivity index (χ3v) is 3.76. The third-order valence-electron chi connectivity index (χ3n) is 1.25. The van der Waals surface area contributed by atoms with Gasteiger partial charge >= 0.3 is 0 Å². The van der Waals surface area contributed by atoms with Crippen LogP contribution in [0, 0.1) is 0 Å². The molecule has 0 spiro atoms. The largest absolute Gasteiger partial charge is 0.285 e. The van der Waals surface area contributed by atoms with Crippen molar-refractivity contribution >= 4 is 10.8 Å². The van der Waals surface area contributed by atoms with Gasteiger partial charge in [0.15, 0.2) is 0 Å². The van der Waals surface area contributed by atoms with Crippen molar-refractivity contribution in [3.63, 3.8) is 0 Å². The van der Waals surface area contributed by atoms with Crippen molar-refractivity contribution in [2.75, 3.05) is 0 Å². The van der Waals surface area contributed by atoms with Gasteiger partial charge in [0.25, 0.3) is 0 Å². The molecule has 11 heavy (non-hydrogen) atoms. The zero-order valence-electron chi connectivity index (χ0n) is 7.88. The predicted molar refractivity (Wildman–Crippen MR) is 50.9 cm³/mol. The Morgan fingerprint density at radius 3 is 1.64 bits per heavy atom. The van der Waals surface area contributed by atoms with E-state index in [2.05, 4.69) is 4.72 Å². The summed E-state index contributed by atoms with van der Waals surface area (Å²) in [4.78, 5) is 0. The highest BCUT2D eigenvalue weighted by Gasteiger charge is 2.29. The summed E-state index contributed by atoms with van der Waals surface area (Å²) in [7, 11) is -2.65. The second kappa shape index (κ2) is 3.31. The lowest BCUT2D eigenvalue weighted by Gasteiger charge is -2.45. The Balaban J connectivity index is 4.22. The summed E-state index contributed by atoms with van der Waals surface area (Å²) in [5.41, 5.74) is 0. The molecule has 0 unspecified atom stereocenters. The van der Waals surface area contributed by atoms with Crippen LogP contribution in [0.15, 0.2) is 0 Å². The van der Waals surface area contributed by atoms with E-state index < -0.39 is 15.5 Å². The van der Waals surface area contributed by atoms with Crippen molar-refractivity contribution in [1.29, 1.82) is 0 Å². The zero-order chi connectivity index (χ0) is 9.28. The molecule has 0 aliphatic heterocycles. The summed E-state index contributed by atoms with van der Waals surface area (Å²) in [5.74, 6) is 0. The van der Waals surface area contributed by atoms with Crippen molar-refractivity contribution in [2.24, 2.45) is 0 Å². The molecule has 0 rings (SSSR count). The number of rotatable bonds is 2. The van der Waals surface area contributed by atoms with Gasteiger partial charge in [-0.15, -0.1) is 10.8 Å². The molecule has 70 valence electrons. The SMILES string of the molecule is CC(C)NS(O)(O)C(C)(C)C. The maximum atomic E-state index is 9.55. The Bertz CT molecular complexity index is 129. The first-order valence-corrected chi connectivity index (χ1v) is 5.26. The van der Waals surface area contributed by atoms with E-state index >= 15 is 0 Å². The lowest BCUT2D eigenvalue weighted by molar-refractivity contribution is 0.426. The summed E-state index contributed by atoms with van der Waals surface area (Å²) in [6, 6.07) is 0.0965. The highest BCUT2D eigenvalue weighted by atomic mass is 32.3. The van der Waals surface area contributed by atoms with Crippen LogP contribution < -0.4 is 4.72 Å². The number of hydrogen-bond donors (Lipinski definition) is 3. The smallest absolute Gasteiger partial charge is 0.0662 e. The van der Waals surface area contributed by atoms with Crippen molar-refractivity contribution in [3.05, 3.63) is 0 Å². The van der Waals surface area contributed by atoms with Gasteiger partial charge in [0, 0.05) is 6.04 Å². The first-order valence-electron chi connectivity index (χ1n) is 3.72. The molecular formula is C7H19NO2S. The van der Waals surface area contributed by atoms with Crippen LogP contribution in [0.2, 0.25) is 0 Å². The second-order valence-corrected chi connectivity index (χ2v) is 6.49. The van der Waals surface area contributed by atoms with Gasteiger partial charge in [0.1, 0.15) is 0 Å². The summed E-state index contributed by atoms with van der Waals surface area (Å²) in [6.07, 6.45) is 0. The minimum absolute atomic E-state index is 0.0965. The molecule has 0 aliphatic carbocycles. The van der Waals surface area contributed by atoms with E-state index in [0.29, 0.717) is 0 Å². The fraction of sp³-hybridized carbons (Fsp3) is 1.00. The van der Waals surface area contributed by atoms with Crippen molar-refractivity contribution in [3.8, 4) is 0 Å². The van der Waals surface area contributed by atoms with Gasteiger partial charge < -0.3 is 0 Å². The number of nitrogens with one attached hydrogen (secondary N) is 1. The topological polar surface area (TPSA) is 52.5 Å². The molecule has 3 N–H and O–H groups in total. The van der Waals surface area contributed by atoms with Crippen molar-refractivity contribution < 1.29 is 9.11 Å². The Morgan fingerprint density at radius 1 is 1.18 bits per heavy atom. The van der Waals surface area contributed by atoms with Gasteiger partial charge in [-0.05, 0) is 34.6 Å². The molecule has 0 aromatic carbocycles. The quantitative estimate of drug-likeness (QED) is 0.613. The molecule has 0 bridgehead atoms. The molecule has 0 heterocycles. The predicted octanol–water partition coefficient (Wildman–Crippen LogP) is 2.45. The highest BCUT2D eigenvalue weighted by Crippen LogP contribution is 2.48. The van der Waals surface area contributed by atoms with Gasteiger partial charge in [0.05, 0.1) is 4.75 Å². The monoisotopic (exact) mass is 181 g/mol. The Hall–Kier alpha value is 0.230. The molecule has 0 saturated carbocycles. The summed E-state index contributed by atoms with van der Waals surface area (Å²) in [5, 5.41) is 0. The Kier molecular flexibility index (Phi) is 3.38. The van der Waals surface area contributed by atoms with Crippen LogP contribution in [-0.4, -0.2) is 19.9 Å². The lowest BCUT2D eigenvalue weighted by atomic mass is 10.3. The Labute approximate surface area is 70.7 Å². The van der Waals surface area contributed by atoms with Gasteiger partial charge in [0.2, 0.25) is 0 Å². The third kappa shape index (κ3) is 3.42. The Morgan fingerprint density at radius 2 is 1.55 bits per heavy atom. The van der Waals surface area contributed by atoms with Crippen LogP contribution in [0.4, 0.5) is 0 Å². The highest BCUT2D eigenvalue weighted by molar-refractivity contribution is 8.23. The molecule has 4 heteroatoms. The number of hydrogen-bond acceptors (Lipinski definition) is 3. The fourth-order valence-corrected chi connectivity index (χ4v) is 1.52. The molecular weight excluding hydrogens is 162 g/mol. The molecule has 0 amide bonds. The van der Waals surface area contributed by atoms with Crippen LogP contribution in [0.1, 0.15) is 34.6 Å². The molecule has 0 atom stereocenters. The maximum absolute atomic E-state index is 9.55. The lowest BCUT2D eigenvalue weighted by Crippen LogP contribution is -2.38. The fourth-order valence-electron chi connectivity index (χ4n) is 0.505. The van der Waals surface area contributed by atoms with E-state index in [1.165, 1.54) is 0 Å². The molecule has 0 radical (unpaired) electrons. The molecule has 0 fully saturated rings. The van der Waals surface area contributed by atoms with E-state index in [-0.39, 0.29) is 6.04 Å². The molecule has 0 saturated heterocycles. The normalized spacial score (nSPS) is 15.6. The molecule has 0 aromatic rings. The van der Waals surface area contributed by atoms with Gasteiger partial charge in [-0.1, -0.05) is 0 Å². The van der Waals surface area contributed by atoms with Crippen LogP contribution in [0.5, 0.6) is 0 Å². The minimum Gasteiger partial charge on any atom is -0.285 e.